The van der Waals surface area contributed by atoms with E-state index in [1.165, 1.54) is 24.3 Å². The number of non-ortho nitro benzene ring substituents is 1. The van der Waals surface area contributed by atoms with Crippen LogP contribution in [0.15, 0.2) is 170 Å². The molecule has 0 unspecified atom stereocenters. The Hall–Kier alpha value is -9.44. The van der Waals surface area contributed by atoms with Crippen molar-refractivity contribution < 1.29 is 48.2 Å². The first-order valence-electron chi connectivity index (χ1n) is 25.4. The van der Waals surface area contributed by atoms with E-state index < -0.39 is 64.4 Å². The highest BCUT2D eigenvalue weighted by molar-refractivity contribution is 6.23. The van der Waals surface area contributed by atoms with Gasteiger partial charge in [-0.25, -0.2) is 19.7 Å². The van der Waals surface area contributed by atoms with Gasteiger partial charge in [0.05, 0.1) is 42.3 Å². The molecule has 3 saturated heterocycles. The van der Waals surface area contributed by atoms with Crippen molar-refractivity contribution in [2.45, 2.75) is 36.3 Å². The number of aromatic nitrogens is 2. The fourth-order valence-electron chi connectivity index (χ4n) is 11.4. The first-order chi connectivity index (χ1) is 38.1. The van der Waals surface area contributed by atoms with Crippen LogP contribution < -0.4 is 19.3 Å². The summed E-state index contributed by atoms with van der Waals surface area (Å²) in [5, 5.41) is 21.2. The molecule has 4 aliphatic rings. The Balaban J connectivity index is 1.14. The zero-order valence-electron chi connectivity index (χ0n) is 42.2. The van der Waals surface area contributed by atoms with E-state index in [0.29, 0.717) is 58.4 Å². The lowest BCUT2D eigenvalue weighted by Crippen LogP contribution is -2.59. The van der Waals surface area contributed by atoms with E-state index in [1.807, 2.05) is 82.6 Å². The number of rotatable bonds is 12. The normalized spacial score (nSPS) is 21.5. The van der Waals surface area contributed by atoms with Crippen LogP contribution in [0.1, 0.15) is 57.1 Å². The zero-order valence-corrected chi connectivity index (χ0v) is 42.2. The number of hydrogen-bond donors (Lipinski definition) is 1. The van der Waals surface area contributed by atoms with Crippen LogP contribution in [-0.4, -0.2) is 106 Å². The quantitative estimate of drug-likeness (QED) is 0.0544. The highest BCUT2D eigenvalue weighted by atomic mass is 16.6. The fraction of sp³-hybridized carbons (Fsp3) is 0.233. The van der Waals surface area contributed by atoms with Crippen molar-refractivity contribution in [3.05, 3.63) is 219 Å². The number of piperazine rings is 1. The Labute approximate surface area is 448 Å². The molecule has 1 N–H and O–H groups in total. The van der Waals surface area contributed by atoms with Crippen molar-refractivity contribution in [1.29, 1.82) is 0 Å². The molecule has 7 aromatic rings. The van der Waals surface area contributed by atoms with E-state index >= 15 is 19.2 Å². The maximum Gasteiger partial charge on any atom is 0.421 e. The van der Waals surface area contributed by atoms with Gasteiger partial charge in [-0.2, -0.15) is 0 Å². The third-order valence-electron chi connectivity index (χ3n) is 14.8. The second kappa shape index (κ2) is 21.7. The third-order valence-corrected chi connectivity index (χ3v) is 14.8. The lowest BCUT2D eigenvalue weighted by molar-refractivity contribution is -0.384. The number of nitrogens with zero attached hydrogens (tertiary/aromatic N) is 7. The summed E-state index contributed by atoms with van der Waals surface area (Å²) in [4.78, 5) is 90.4. The molecule has 78 heavy (non-hydrogen) atoms. The standard InChI is InChI=1S/C60H51N7O11/c1-75-46-24-17-39(18-25-46)13-14-40-19-28-49-48(37-40)60(57(71)65(49)59(72)77-38-41-15-22-45(23-16-41)67(73)74)50(55(69)63-31-33-64(34-32-63)58-61-29-8-30-62-58)52-56(70)78-53(43-11-6-3-7-12-43)51(42-9-4-2-5-10-42)66(52)54(60)44-20-26-47(27-21-44)76-36-35-68/h2-12,15-30,37,50-54,68H,31-36,38H2,1H3/t50-,51-,52-,53+,54+,60-/m0/s1. The number of hydrogen-bond acceptors (Lipinski definition) is 15. The molecule has 0 bridgehead atoms. The number of amides is 3. The van der Waals surface area contributed by atoms with Gasteiger partial charge >= 0.3 is 12.1 Å². The number of imide groups is 1. The molecule has 392 valence electrons. The minimum Gasteiger partial charge on any atom is -0.497 e. The lowest BCUT2D eigenvalue weighted by atomic mass is 9.65. The van der Waals surface area contributed by atoms with Crippen LogP contribution in [0.25, 0.3) is 0 Å². The SMILES string of the molecule is COc1ccc(C#Cc2ccc3c(c2)[C@]2(C(=O)N3C(=O)OCc3ccc([N+](=O)[O-])cc3)[C@H](C(=O)N3CCN(c4ncccn4)CC3)[C@H]3C(=O)O[C@H](c4ccccc4)[C@H](c4ccccc4)N3[C@@H]2c2ccc(OCCO)cc2)cc1. The average molecular weight is 1050 g/mol. The van der Waals surface area contributed by atoms with E-state index in [9.17, 15) is 15.2 Å². The van der Waals surface area contributed by atoms with E-state index in [2.05, 4.69) is 21.8 Å². The van der Waals surface area contributed by atoms with E-state index in [0.717, 1.165) is 10.5 Å². The van der Waals surface area contributed by atoms with E-state index in [4.69, 9.17) is 18.9 Å². The second-order valence-electron chi connectivity index (χ2n) is 19.1. The first kappa shape index (κ1) is 50.7. The number of nitro benzene ring substituents is 1. The number of nitro groups is 1. The number of aliphatic hydroxyl groups excluding tert-OH is 1. The topological polar surface area (TPSA) is 207 Å². The van der Waals surface area contributed by atoms with Crippen molar-refractivity contribution in [1.82, 2.24) is 19.8 Å². The average Bonchev–Trinajstić information content (AvgIpc) is 2.69. The maximum atomic E-state index is 16.9. The van der Waals surface area contributed by atoms with E-state index in [1.54, 1.807) is 85.1 Å². The smallest absolute Gasteiger partial charge is 0.421 e. The van der Waals surface area contributed by atoms with Crippen LogP contribution in [0.3, 0.4) is 0 Å². The van der Waals surface area contributed by atoms with Crippen molar-refractivity contribution in [2.24, 2.45) is 5.92 Å². The molecule has 1 aromatic heterocycles. The molecule has 0 radical (unpaired) electrons. The molecule has 3 amide bonds. The van der Waals surface area contributed by atoms with Crippen LogP contribution in [0.2, 0.25) is 0 Å². The van der Waals surface area contributed by atoms with Gasteiger partial charge in [0.1, 0.15) is 42.3 Å². The second-order valence-corrected chi connectivity index (χ2v) is 19.1. The Morgan fingerprint density at radius 1 is 0.756 bits per heavy atom. The van der Waals surface area contributed by atoms with Gasteiger partial charge < -0.3 is 33.9 Å². The predicted molar refractivity (Wildman–Crippen MR) is 284 cm³/mol. The molecule has 18 heteroatoms. The van der Waals surface area contributed by atoms with Crippen molar-refractivity contribution in [3.63, 3.8) is 0 Å². The largest absolute Gasteiger partial charge is 0.497 e. The summed E-state index contributed by atoms with van der Waals surface area (Å²) >= 11 is 0. The molecule has 18 nitrogen and oxygen atoms in total. The zero-order chi connectivity index (χ0) is 53.9. The van der Waals surface area contributed by atoms with Crippen LogP contribution in [0.5, 0.6) is 11.5 Å². The Morgan fingerprint density at radius 3 is 2.05 bits per heavy atom. The molecule has 6 aromatic carbocycles. The molecular formula is C60H51N7O11. The lowest BCUT2D eigenvalue weighted by Gasteiger charge is -2.46. The van der Waals surface area contributed by atoms with Crippen molar-refractivity contribution in [2.75, 3.05) is 56.3 Å². The summed E-state index contributed by atoms with van der Waals surface area (Å²) in [5.41, 5.74) is 1.45. The summed E-state index contributed by atoms with van der Waals surface area (Å²) in [7, 11) is 1.57. The van der Waals surface area contributed by atoms with Gasteiger partial charge in [0.2, 0.25) is 17.8 Å². The van der Waals surface area contributed by atoms with Gasteiger partial charge in [0.15, 0.2) is 0 Å². The number of morpholine rings is 1. The fourth-order valence-corrected chi connectivity index (χ4v) is 11.4. The number of benzene rings is 6. The molecule has 0 saturated carbocycles. The summed E-state index contributed by atoms with van der Waals surface area (Å²) in [6.45, 7) is 0.366. The molecule has 11 rings (SSSR count). The molecule has 4 aliphatic heterocycles. The number of esters is 1. The van der Waals surface area contributed by atoms with Gasteiger partial charge in [0, 0.05) is 61.8 Å². The van der Waals surface area contributed by atoms with Gasteiger partial charge in [-0.1, -0.05) is 84.6 Å². The number of carbonyl (C=O) groups excluding carboxylic acids is 4. The summed E-state index contributed by atoms with van der Waals surface area (Å²) in [6, 6.07) is 41.6. The van der Waals surface area contributed by atoms with E-state index in [-0.39, 0.29) is 49.8 Å². The van der Waals surface area contributed by atoms with Gasteiger partial charge in [-0.3, -0.25) is 29.4 Å². The number of ether oxygens (including phenoxy) is 4. The Morgan fingerprint density at radius 2 is 1.40 bits per heavy atom. The van der Waals surface area contributed by atoms with Gasteiger partial charge in [-0.15, -0.1) is 0 Å². The Bertz CT molecular complexity index is 3430. The number of cyclic esters (lactones) is 1. The van der Waals surface area contributed by atoms with Crippen LogP contribution in [-0.2, 0) is 35.9 Å². The molecule has 3 fully saturated rings. The first-order valence-corrected chi connectivity index (χ1v) is 25.4. The summed E-state index contributed by atoms with van der Waals surface area (Å²) in [5.74, 6) is 4.33. The monoisotopic (exact) mass is 1050 g/mol. The van der Waals surface area contributed by atoms with Crippen LogP contribution in [0, 0.1) is 27.9 Å². The molecule has 0 aliphatic carbocycles. The molecule has 5 heterocycles. The van der Waals surface area contributed by atoms with Crippen LogP contribution >= 0.6 is 0 Å². The molecule has 1 spiro atoms. The maximum absolute atomic E-state index is 16.9. The number of aliphatic hydroxyl groups is 1. The number of carbonyl (C=O) groups is 4. The molecular weight excluding hydrogens is 995 g/mol. The Kier molecular flexibility index (Phi) is 14.1. The van der Waals surface area contributed by atoms with Crippen LogP contribution in [0.4, 0.5) is 22.1 Å². The highest BCUT2D eigenvalue weighted by Gasteiger charge is 2.76. The van der Waals surface area contributed by atoms with Gasteiger partial charge in [0.25, 0.3) is 5.69 Å². The predicted octanol–water partition coefficient (Wildman–Crippen LogP) is 7.52. The number of fused-ring (bicyclic) bond motifs is 3. The number of methoxy groups -OCH3 is 1. The van der Waals surface area contributed by atoms with Gasteiger partial charge in [-0.05, 0) is 101 Å². The number of anilines is 2. The summed E-state index contributed by atoms with van der Waals surface area (Å²) < 4.78 is 23.9. The third kappa shape index (κ3) is 9.28. The molecule has 6 atom stereocenters. The highest BCUT2D eigenvalue weighted by Crippen LogP contribution is 2.66. The van der Waals surface area contributed by atoms with Crippen molar-refractivity contribution >= 4 is 41.2 Å². The van der Waals surface area contributed by atoms with Crippen molar-refractivity contribution in [3.8, 4) is 23.3 Å². The minimum atomic E-state index is -2.12. The summed E-state index contributed by atoms with van der Waals surface area (Å²) in [6.07, 6.45) is 1.23. The minimum absolute atomic E-state index is 0.00493.